The molecule has 1 saturated heterocycles. The van der Waals surface area contributed by atoms with Crippen molar-refractivity contribution in [2.75, 3.05) is 13.1 Å². The monoisotopic (exact) mass is 279 g/mol. The lowest BCUT2D eigenvalue weighted by atomic mass is 10.1. The molecule has 1 fully saturated rings. The normalized spacial score (nSPS) is 21.3. The summed E-state index contributed by atoms with van der Waals surface area (Å²) in [7, 11) is 0. The average Bonchev–Trinajstić information content (AvgIpc) is 2.98. The van der Waals surface area contributed by atoms with Crippen LogP contribution in [0.5, 0.6) is 0 Å². The van der Waals surface area contributed by atoms with Gasteiger partial charge in [0.15, 0.2) is 0 Å². The van der Waals surface area contributed by atoms with Crippen LogP contribution in [0, 0.1) is 0 Å². The van der Waals surface area contributed by atoms with Gasteiger partial charge in [0.25, 0.3) is 0 Å². The number of nitrogens with zero attached hydrogens (tertiary/aromatic N) is 1. The van der Waals surface area contributed by atoms with E-state index in [-0.39, 0.29) is 6.10 Å². The first-order valence-corrected chi connectivity index (χ1v) is 8.09. The van der Waals surface area contributed by atoms with Gasteiger partial charge in [0.1, 0.15) is 0 Å². The summed E-state index contributed by atoms with van der Waals surface area (Å²) in [5.41, 5.74) is 1.34. The highest BCUT2D eigenvalue weighted by molar-refractivity contribution is 7.14. The number of aliphatic hydroxyl groups excluding tert-OH is 1. The first-order chi connectivity index (χ1) is 8.81. The van der Waals surface area contributed by atoms with Crippen molar-refractivity contribution in [2.24, 2.45) is 0 Å². The molecule has 1 atom stereocenters. The molecule has 2 nitrogen and oxygen atoms in total. The van der Waals surface area contributed by atoms with Crippen LogP contribution in [0.4, 0.5) is 0 Å². The standard InChI is InChI=1S/C14H17NOS2/c16-12-3-1-5-15(8-12)9-13-7-11(10-18-13)14-4-2-6-17-14/h2,4,6-7,10,12,16H,1,3,5,8-9H2/t12-/m1/s1. The SMILES string of the molecule is O[C@@H]1CCCN(Cc2cc(-c3cccs3)cs2)C1. The molecule has 4 heteroatoms. The molecule has 0 amide bonds. The van der Waals surface area contributed by atoms with E-state index < -0.39 is 0 Å². The highest BCUT2D eigenvalue weighted by Crippen LogP contribution is 2.30. The van der Waals surface area contributed by atoms with Crippen molar-refractivity contribution < 1.29 is 5.11 Å². The van der Waals surface area contributed by atoms with E-state index in [4.69, 9.17) is 0 Å². The minimum atomic E-state index is -0.129. The van der Waals surface area contributed by atoms with E-state index in [0.29, 0.717) is 0 Å². The second-order valence-electron chi connectivity index (χ2n) is 4.81. The smallest absolute Gasteiger partial charge is 0.0667 e. The van der Waals surface area contributed by atoms with Gasteiger partial charge in [-0.2, -0.15) is 0 Å². The van der Waals surface area contributed by atoms with Gasteiger partial charge in [0.2, 0.25) is 0 Å². The summed E-state index contributed by atoms with van der Waals surface area (Å²) < 4.78 is 0. The van der Waals surface area contributed by atoms with Crippen molar-refractivity contribution in [3.8, 4) is 10.4 Å². The summed E-state index contributed by atoms with van der Waals surface area (Å²) in [5.74, 6) is 0. The van der Waals surface area contributed by atoms with Crippen LogP contribution in [-0.4, -0.2) is 29.2 Å². The van der Waals surface area contributed by atoms with E-state index in [1.165, 1.54) is 15.3 Å². The quantitative estimate of drug-likeness (QED) is 0.930. The second kappa shape index (κ2) is 5.53. The number of β-amino-alcohol motifs (C(OH)–C–C–N with tert-alkyl or cyclic N) is 1. The van der Waals surface area contributed by atoms with Gasteiger partial charge in [-0.3, -0.25) is 4.90 Å². The van der Waals surface area contributed by atoms with Crippen LogP contribution in [0.3, 0.4) is 0 Å². The highest BCUT2D eigenvalue weighted by atomic mass is 32.1. The van der Waals surface area contributed by atoms with Crippen molar-refractivity contribution in [2.45, 2.75) is 25.5 Å². The molecule has 1 N–H and O–H groups in total. The molecule has 3 heterocycles. The summed E-state index contributed by atoms with van der Waals surface area (Å²) >= 11 is 3.61. The van der Waals surface area contributed by atoms with E-state index in [1.807, 2.05) is 11.3 Å². The summed E-state index contributed by atoms with van der Waals surface area (Å²) in [6, 6.07) is 6.55. The van der Waals surface area contributed by atoms with E-state index in [2.05, 4.69) is 33.9 Å². The molecule has 0 unspecified atom stereocenters. The van der Waals surface area contributed by atoms with Crippen molar-refractivity contribution in [1.29, 1.82) is 0 Å². The molecule has 1 aliphatic rings. The Morgan fingerprint density at radius 1 is 1.39 bits per heavy atom. The molecular formula is C14H17NOS2. The van der Waals surface area contributed by atoms with Gasteiger partial charge in [0, 0.05) is 28.4 Å². The number of hydrogen-bond acceptors (Lipinski definition) is 4. The topological polar surface area (TPSA) is 23.5 Å². The van der Waals surface area contributed by atoms with Gasteiger partial charge in [0.05, 0.1) is 6.10 Å². The van der Waals surface area contributed by atoms with Gasteiger partial charge < -0.3 is 5.11 Å². The van der Waals surface area contributed by atoms with Crippen molar-refractivity contribution in [1.82, 2.24) is 4.90 Å². The van der Waals surface area contributed by atoms with Gasteiger partial charge in [-0.05, 0) is 42.3 Å². The maximum absolute atomic E-state index is 9.68. The minimum Gasteiger partial charge on any atom is -0.392 e. The summed E-state index contributed by atoms with van der Waals surface area (Å²) in [5, 5.41) is 14.0. The lowest BCUT2D eigenvalue weighted by molar-refractivity contribution is 0.0673. The van der Waals surface area contributed by atoms with Crippen LogP contribution in [-0.2, 0) is 6.54 Å². The fourth-order valence-electron chi connectivity index (χ4n) is 2.43. The zero-order valence-corrected chi connectivity index (χ0v) is 11.8. The zero-order chi connectivity index (χ0) is 12.4. The van der Waals surface area contributed by atoms with Gasteiger partial charge in [-0.15, -0.1) is 22.7 Å². The third kappa shape index (κ3) is 2.83. The van der Waals surface area contributed by atoms with Crippen LogP contribution >= 0.6 is 22.7 Å². The maximum atomic E-state index is 9.68. The zero-order valence-electron chi connectivity index (χ0n) is 10.2. The lowest BCUT2D eigenvalue weighted by Gasteiger charge is -2.29. The molecule has 0 aromatic carbocycles. The number of rotatable bonds is 3. The molecular weight excluding hydrogens is 262 g/mol. The number of aliphatic hydroxyl groups is 1. The first kappa shape index (κ1) is 12.4. The van der Waals surface area contributed by atoms with E-state index >= 15 is 0 Å². The number of likely N-dealkylation sites (tertiary alicyclic amines) is 1. The molecule has 0 bridgehead atoms. The summed E-state index contributed by atoms with van der Waals surface area (Å²) in [4.78, 5) is 5.10. The molecule has 18 heavy (non-hydrogen) atoms. The number of thiophene rings is 2. The Morgan fingerprint density at radius 3 is 3.11 bits per heavy atom. The Balaban J connectivity index is 1.66. The van der Waals surface area contributed by atoms with Gasteiger partial charge in [-0.25, -0.2) is 0 Å². The predicted octanol–water partition coefficient (Wildman–Crippen LogP) is 3.43. The van der Waals surface area contributed by atoms with E-state index in [9.17, 15) is 5.11 Å². The van der Waals surface area contributed by atoms with Crippen LogP contribution in [0.15, 0.2) is 29.0 Å². The van der Waals surface area contributed by atoms with Crippen LogP contribution in [0.1, 0.15) is 17.7 Å². The summed E-state index contributed by atoms with van der Waals surface area (Å²) in [6.45, 7) is 2.92. The highest BCUT2D eigenvalue weighted by Gasteiger charge is 2.18. The maximum Gasteiger partial charge on any atom is 0.0667 e. The van der Waals surface area contributed by atoms with Gasteiger partial charge >= 0.3 is 0 Å². The van der Waals surface area contributed by atoms with Crippen LogP contribution in [0.2, 0.25) is 0 Å². The van der Waals surface area contributed by atoms with Crippen molar-refractivity contribution in [3.05, 3.63) is 33.8 Å². The number of hydrogen-bond donors (Lipinski definition) is 1. The fourth-order valence-corrected chi connectivity index (χ4v) is 4.15. The third-order valence-electron chi connectivity index (χ3n) is 3.32. The second-order valence-corrected chi connectivity index (χ2v) is 6.75. The molecule has 0 radical (unpaired) electrons. The molecule has 2 aromatic rings. The number of piperidine rings is 1. The predicted molar refractivity (Wildman–Crippen MR) is 78.1 cm³/mol. The molecule has 2 aromatic heterocycles. The largest absolute Gasteiger partial charge is 0.392 e. The van der Waals surface area contributed by atoms with Gasteiger partial charge in [-0.1, -0.05) is 6.07 Å². The average molecular weight is 279 g/mol. The van der Waals surface area contributed by atoms with Crippen LogP contribution < -0.4 is 0 Å². The molecule has 0 spiro atoms. The Hall–Kier alpha value is -0.680. The molecule has 0 aliphatic carbocycles. The third-order valence-corrected chi connectivity index (χ3v) is 5.16. The van der Waals surface area contributed by atoms with E-state index in [1.54, 1.807) is 11.3 Å². The Bertz CT molecular complexity index is 492. The van der Waals surface area contributed by atoms with Crippen molar-refractivity contribution in [3.63, 3.8) is 0 Å². The lowest BCUT2D eigenvalue weighted by Crippen LogP contribution is -2.37. The van der Waals surface area contributed by atoms with E-state index in [0.717, 1.165) is 32.5 Å². The molecule has 96 valence electrons. The Morgan fingerprint density at radius 2 is 2.33 bits per heavy atom. The van der Waals surface area contributed by atoms with Crippen molar-refractivity contribution >= 4 is 22.7 Å². The molecule has 1 aliphatic heterocycles. The molecule has 3 rings (SSSR count). The Kier molecular flexibility index (Phi) is 3.80. The summed E-state index contributed by atoms with van der Waals surface area (Å²) in [6.07, 6.45) is 1.95. The molecule has 0 saturated carbocycles. The fraction of sp³-hybridized carbons (Fsp3) is 0.429. The Labute approximate surface area is 116 Å². The minimum absolute atomic E-state index is 0.129. The first-order valence-electron chi connectivity index (χ1n) is 6.33. The van der Waals surface area contributed by atoms with Crippen LogP contribution in [0.25, 0.3) is 10.4 Å².